The van der Waals surface area contributed by atoms with Crippen LogP contribution >= 0.6 is 15.9 Å². The number of ether oxygens (including phenoxy) is 2. The van der Waals surface area contributed by atoms with Gasteiger partial charge in [-0.05, 0) is 42.8 Å². The Labute approximate surface area is 121 Å². The number of anilines is 1. The summed E-state index contributed by atoms with van der Waals surface area (Å²) < 4.78 is 12.3. The van der Waals surface area contributed by atoms with Crippen LogP contribution in [0.15, 0.2) is 46.9 Å². The van der Waals surface area contributed by atoms with E-state index < -0.39 is 0 Å². The van der Waals surface area contributed by atoms with Crippen molar-refractivity contribution in [3.05, 3.63) is 52.5 Å². The highest BCUT2D eigenvalue weighted by Gasteiger charge is 2.03. The molecule has 0 unspecified atom stereocenters. The lowest BCUT2D eigenvalue weighted by atomic mass is 10.2. The molecule has 100 valence electrons. The first-order valence-electron chi connectivity index (χ1n) is 6.03. The fourth-order valence-electron chi connectivity index (χ4n) is 1.71. The fraction of sp³-hybridized carbons (Fsp3) is 0.200. The Morgan fingerprint density at radius 2 is 1.68 bits per heavy atom. The van der Waals surface area contributed by atoms with Crippen LogP contribution in [0.2, 0.25) is 0 Å². The number of aryl methyl sites for hydroxylation is 1. The zero-order chi connectivity index (χ0) is 13.7. The maximum atomic E-state index is 5.86. The summed E-state index contributed by atoms with van der Waals surface area (Å²) in [5.74, 6) is 1.56. The van der Waals surface area contributed by atoms with Gasteiger partial charge in [0.1, 0.15) is 24.7 Å². The van der Waals surface area contributed by atoms with Crippen molar-refractivity contribution in [2.24, 2.45) is 0 Å². The number of halogens is 1. The SMILES string of the molecule is Cc1cccc(N)c1OCCOc1ccc(Br)cc1. The van der Waals surface area contributed by atoms with Crippen molar-refractivity contribution < 1.29 is 9.47 Å². The molecule has 0 aromatic heterocycles. The highest BCUT2D eigenvalue weighted by atomic mass is 79.9. The van der Waals surface area contributed by atoms with Crippen molar-refractivity contribution >= 4 is 21.6 Å². The number of benzene rings is 2. The molecule has 0 radical (unpaired) electrons. The van der Waals surface area contributed by atoms with Crippen molar-refractivity contribution in [2.45, 2.75) is 6.92 Å². The number of hydrogen-bond acceptors (Lipinski definition) is 3. The molecule has 0 atom stereocenters. The predicted octanol–water partition coefficient (Wildman–Crippen LogP) is 3.80. The largest absolute Gasteiger partial charge is 0.490 e. The minimum absolute atomic E-state index is 0.463. The van der Waals surface area contributed by atoms with Gasteiger partial charge in [-0.2, -0.15) is 0 Å². The smallest absolute Gasteiger partial charge is 0.145 e. The van der Waals surface area contributed by atoms with Crippen molar-refractivity contribution in [3.63, 3.8) is 0 Å². The molecule has 0 aliphatic heterocycles. The van der Waals surface area contributed by atoms with Crippen LogP contribution in [0, 0.1) is 6.92 Å². The Hall–Kier alpha value is -1.68. The first kappa shape index (κ1) is 13.7. The lowest BCUT2D eigenvalue weighted by molar-refractivity contribution is 0.217. The summed E-state index contributed by atoms with van der Waals surface area (Å²) in [7, 11) is 0. The van der Waals surface area contributed by atoms with Crippen molar-refractivity contribution in [2.75, 3.05) is 18.9 Å². The van der Waals surface area contributed by atoms with Crippen molar-refractivity contribution in [1.82, 2.24) is 0 Å². The van der Waals surface area contributed by atoms with Gasteiger partial charge >= 0.3 is 0 Å². The number of para-hydroxylation sites is 1. The molecule has 2 N–H and O–H groups in total. The van der Waals surface area contributed by atoms with Gasteiger partial charge in [0.05, 0.1) is 5.69 Å². The van der Waals surface area contributed by atoms with Crippen LogP contribution < -0.4 is 15.2 Å². The van der Waals surface area contributed by atoms with Crippen LogP contribution in [0.3, 0.4) is 0 Å². The quantitative estimate of drug-likeness (QED) is 0.673. The molecule has 0 bridgehead atoms. The summed E-state index contributed by atoms with van der Waals surface area (Å²) in [5.41, 5.74) is 7.55. The van der Waals surface area contributed by atoms with E-state index in [0.29, 0.717) is 18.9 Å². The number of nitrogen functional groups attached to an aromatic ring is 1. The predicted molar refractivity (Wildman–Crippen MR) is 80.7 cm³/mol. The third-order valence-electron chi connectivity index (χ3n) is 2.65. The second kappa shape index (κ2) is 6.48. The summed E-state index contributed by atoms with van der Waals surface area (Å²) in [4.78, 5) is 0. The molecule has 0 saturated carbocycles. The topological polar surface area (TPSA) is 44.5 Å². The van der Waals surface area contributed by atoms with Gasteiger partial charge in [0, 0.05) is 4.47 Å². The monoisotopic (exact) mass is 321 g/mol. The highest BCUT2D eigenvalue weighted by Crippen LogP contribution is 2.25. The van der Waals surface area contributed by atoms with E-state index >= 15 is 0 Å². The molecule has 0 amide bonds. The van der Waals surface area contributed by atoms with E-state index in [2.05, 4.69) is 15.9 Å². The van der Waals surface area contributed by atoms with Gasteiger partial charge in [0.2, 0.25) is 0 Å². The molecule has 0 heterocycles. The Morgan fingerprint density at radius 1 is 1.00 bits per heavy atom. The zero-order valence-electron chi connectivity index (χ0n) is 10.7. The van der Waals surface area contributed by atoms with E-state index in [1.165, 1.54) is 0 Å². The van der Waals surface area contributed by atoms with E-state index in [-0.39, 0.29) is 0 Å². The summed E-state index contributed by atoms with van der Waals surface area (Å²) in [6.45, 7) is 2.92. The normalized spacial score (nSPS) is 10.2. The summed E-state index contributed by atoms with van der Waals surface area (Å²) in [6.07, 6.45) is 0. The first-order valence-corrected chi connectivity index (χ1v) is 6.82. The van der Waals surface area contributed by atoms with Gasteiger partial charge in [-0.1, -0.05) is 28.1 Å². The molecule has 0 fully saturated rings. The van der Waals surface area contributed by atoms with Gasteiger partial charge in [-0.25, -0.2) is 0 Å². The minimum Gasteiger partial charge on any atom is -0.490 e. The Balaban J connectivity index is 1.82. The summed E-state index contributed by atoms with van der Waals surface area (Å²) in [5, 5.41) is 0. The fourth-order valence-corrected chi connectivity index (χ4v) is 1.97. The second-order valence-corrected chi connectivity index (χ2v) is 5.06. The molecule has 0 spiro atoms. The van der Waals surface area contributed by atoms with Crippen molar-refractivity contribution in [3.8, 4) is 11.5 Å². The average molecular weight is 322 g/mol. The van der Waals surface area contributed by atoms with E-state index in [4.69, 9.17) is 15.2 Å². The summed E-state index contributed by atoms with van der Waals surface area (Å²) >= 11 is 3.38. The van der Waals surface area contributed by atoms with Crippen molar-refractivity contribution in [1.29, 1.82) is 0 Å². The van der Waals surface area contributed by atoms with Gasteiger partial charge in [-0.15, -0.1) is 0 Å². The van der Waals surface area contributed by atoms with Gasteiger partial charge < -0.3 is 15.2 Å². The lowest BCUT2D eigenvalue weighted by Crippen LogP contribution is -2.10. The number of rotatable bonds is 5. The second-order valence-electron chi connectivity index (χ2n) is 4.14. The van der Waals surface area contributed by atoms with E-state index in [9.17, 15) is 0 Å². The minimum atomic E-state index is 0.463. The first-order chi connectivity index (χ1) is 9.16. The molecule has 4 heteroatoms. The third-order valence-corrected chi connectivity index (χ3v) is 3.18. The number of nitrogens with two attached hydrogens (primary N) is 1. The third kappa shape index (κ3) is 3.89. The Morgan fingerprint density at radius 3 is 2.37 bits per heavy atom. The lowest BCUT2D eigenvalue weighted by Gasteiger charge is -2.12. The molecule has 3 nitrogen and oxygen atoms in total. The van der Waals surface area contributed by atoms with E-state index in [1.54, 1.807) is 0 Å². The standard InChI is InChI=1S/C15H16BrNO2/c1-11-3-2-4-14(17)15(11)19-10-9-18-13-7-5-12(16)6-8-13/h2-8H,9-10,17H2,1H3. The Kier molecular flexibility index (Phi) is 4.68. The molecular weight excluding hydrogens is 306 g/mol. The van der Waals surface area contributed by atoms with Gasteiger partial charge in [-0.3, -0.25) is 0 Å². The van der Waals surface area contributed by atoms with Gasteiger partial charge in [0.15, 0.2) is 0 Å². The maximum Gasteiger partial charge on any atom is 0.145 e. The van der Waals surface area contributed by atoms with Gasteiger partial charge in [0.25, 0.3) is 0 Å². The van der Waals surface area contributed by atoms with Crippen LogP contribution in [-0.2, 0) is 0 Å². The average Bonchev–Trinajstić information content (AvgIpc) is 2.39. The molecule has 2 aromatic rings. The number of hydrogen-bond donors (Lipinski definition) is 1. The Bertz CT molecular complexity index is 520. The maximum absolute atomic E-state index is 5.86. The van der Waals surface area contributed by atoms with Crippen LogP contribution in [0.5, 0.6) is 11.5 Å². The van der Waals surface area contributed by atoms with Crippen LogP contribution in [0.4, 0.5) is 5.69 Å². The van der Waals surface area contributed by atoms with Crippen LogP contribution in [0.25, 0.3) is 0 Å². The van der Waals surface area contributed by atoms with E-state index in [0.717, 1.165) is 21.5 Å². The highest BCUT2D eigenvalue weighted by molar-refractivity contribution is 9.10. The molecule has 0 saturated heterocycles. The van der Waals surface area contributed by atoms with Crippen LogP contribution in [-0.4, -0.2) is 13.2 Å². The van der Waals surface area contributed by atoms with Crippen LogP contribution in [0.1, 0.15) is 5.56 Å². The molecule has 19 heavy (non-hydrogen) atoms. The summed E-state index contributed by atoms with van der Waals surface area (Å²) in [6, 6.07) is 13.4. The zero-order valence-corrected chi connectivity index (χ0v) is 12.3. The molecule has 0 aliphatic carbocycles. The molecule has 2 aromatic carbocycles. The molecule has 0 aliphatic rings. The van der Waals surface area contributed by atoms with E-state index in [1.807, 2.05) is 49.4 Å². The molecule has 2 rings (SSSR count). The molecular formula is C15H16BrNO2.